The van der Waals surface area contributed by atoms with Crippen LogP contribution in [0.15, 0.2) is 35.7 Å². The van der Waals surface area contributed by atoms with Gasteiger partial charge in [-0.05, 0) is 30.7 Å². The Kier molecular flexibility index (Phi) is 6.47. The molecule has 0 bridgehead atoms. The van der Waals surface area contributed by atoms with E-state index in [1.165, 1.54) is 12.1 Å². The molecular weight excluding hydrogens is 381 g/mol. The fourth-order valence-corrected chi connectivity index (χ4v) is 2.89. The van der Waals surface area contributed by atoms with Crippen molar-refractivity contribution in [2.45, 2.75) is 19.0 Å². The molecule has 0 saturated heterocycles. The lowest BCUT2D eigenvalue weighted by atomic mass is 10.1. The van der Waals surface area contributed by atoms with Crippen molar-refractivity contribution < 1.29 is 27.5 Å². The second-order valence-electron chi connectivity index (χ2n) is 5.42. The van der Waals surface area contributed by atoms with Crippen LogP contribution in [0.5, 0.6) is 0 Å². The number of rotatable bonds is 6. The maximum Gasteiger partial charge on any atom is 0.416 e. The van der Waals surface area contributed by atoms with Gasteiger partial charge >= 0.3 is 12.1 Å². The number of carbonyl (C=O) groups is 2. The molecule has 9 heteroatoms. The average Bonchev–Trinajstić information content (AvgIpc) is 3.04. The van der Waals surface area contributed by atoms with Crippen LogP contribution in [0.3, 0.4) is 0 Å². The number of thiazole rings is 1. The lowest BCUT2D eigenvalue weighted by Gasteiger charge is -2.07. The van der Waals surface area contributed by atoms with Crippen LogP contribution in [0, 0.1) is 18.3 Å². The normalized spacial score (nSPS) is 12.6. The third-order valence-corrected chi connectivity index (χ3v) is 4.34. The number of Topliss-reactive ketones (excluding diaryl/α,β-unsaturated/α-hetero) is 1. The number of aryl methyl sites for hydroxylation is 1. The maximum atomic E-state index is 12.6. The number of esters is 1. The molecule has 0 aliphatic heterocycles. The summed E-state index contributed by atoms with van der Waals surface area (Å²) in [4.78, 5) is 27.8. The fraction of sp³-hybridized carbons (Fsp3) is 0.222. The van der Waals surface area contributed by atoms with Gasteiger partial charge in [-0.25, -0.2) is 9.78 Å². The van der Waals surface area contributed by atoms with E-state index >= 15 is 0 Å². The van der Waals surface area contributed by atoms with E-state index in [4.69, 9.17) is 10.00 Å². The van der Waals surface area contributed by atoms with Gasteiger partial charge in [0.05, 0.1) is 11.6 Å². The second kappa shape index (κ2) is 8.60. The van der Waals surface area contributed by atoms with Crippen LogP contribution in [-0.2, 0) is 20.5 Å². The van der Waals surface area contributed by atoms with Crippen molar-refractivity contribution in [3.05, 3.63) is 57.6 Å². The Balaban J connectivity index is 1.95. The molecule has 1 aromatic heterocycles. The molecule has 0 N–H and O–H groups in total. The molecule has 2 rings (SSSR count). The number of hydrogen-bond donors (Lipinski definition) is 0. The van der Waals surface area contributed by atoms with Crippen LogP contribution in [0.4, 0.5) is 13.2 Å². The summed E-state index contributed by atoms with van der Waals surface area (Å²) in [7, 11) is 0. The summed E-state index contributed by atoms with van der Waals surface area (Å²) in [5, 5.41) is 11.1. The molecule has 5 nitrogen and oxygen atoms in total. The van der Waals surface area contributed by atoms with Crippen molar-refractivity contribution in [2.24, 2.45) is 0 Å². The van der Waals surface area contributed by atoms with E-state index in [1.807, 2.05) is 6.07 Å². The quantitative estimate of drug-likeness (QED) is 0.548. The Morgan fingerprint density at radius 2 is 2.15 bits per heavy atom. The molecule has 1 atom stereocenters. The highest BCUT2D eigenvalue weighted by Gasteiger charge is 2.30. The molecule has 27 heavy (non-hydrogen) atoms. The summed E-state index contributed by atoms with van der Waals surface area (Å²) in [5.74, 6) is -2.68. The number of alkyl halides is 3. The predicted molar refractivity (Wildman–Crippen MR) is 91.6 cm³/mol. The summed E-state index contributed by atoms with van der Waals surface area (Å²) in [6.45, 7) is 1.08. The lowest BCUT2D eigenvalue weighted by molar-refractivity contribution is -0.143. The zero-order chi connectivity index (χ0) is 20.0. The number of aromatic nitrogens is 1. The first kappa shape index (κ1) is 20.3. The van der Waals surface area contributed by atoms with Gasteiger partial charge in [0.2, 0.25) is 0 Å². The monoisotopic (exact) mass is 394 g/mol. The molecule has 0 aliphatic carbocycles. The lowest BCUT2D eigenvalue weighted by Crippen LogP contribution is -2.19. The molecule has 0 amide bonds. The Morgan fingerprint density at radius 3 is 2.74 bits per heavy atom. The van der Waals surface area contributed by atoms with Crippen molar-refractivity contribution in [2.75, 3.05) is 6.61 Å². The van der Waals surface area contributed by atoms with Crippen LogP contribution in [0.25, 0.3) is 6.08 Å². The minimum absolute atomic E-state index is 0.154. The van der Waals surface area contributed by atoms with Crippen molar-refractivity contribution in [1.82, 2.24) is 4.98 Å². The van der Waals surface area contributed by atoms with E-state index in [-0.39, 0.29) is 5.56 Å². The minimum atomic E-state index is -4.49. The van der Waals surface area contributed by atoms with Crippen molar-refractivity contribution >= 4 is 29.2 Å². The van der Waals surface area contributed by atoms with E-state index in [9.17, 15) is 22.8 Å². The van der Waals surface area contributed by atoms with E-state index in [0.29, 0.717) is 10.7 Å². The van der Waals surface area contributed by atoms with Crippen LogP contribution in [0.2, 0.25) is 0 Å². The van der Waals surface area contributed by atoms with Crippen molar-refractivity contribution in [1.29, 1.82) is 5.26 Å². The van der Waals surface area contributed by atoms with Gasteiger partial charge in [0.15, 0.2) is 18.3 Å². The number of hydrogen-bond acceptors (Lipinski definition) is 6. The number of carbonyl (C=O) groups excluding carboxylic acids is 2. The SMILES string of the molecule is Cc1csc(C(C#N)C(=O)COC(=O)C=Cc2cccc(C(F)(F)F)c2)n1. The van der Waals surface area contributed by atoms with Gasteiger partial charge in [-0.2, -0.15) is 18.4 Å². The predicted octanol–water partition coefficient (Wildman–Crippen LogP) is 3.90. The van der Waals surface area contributed by atoms with Gasteiger partial charge in [-0.1, -0.05) is 12.1 Å². The zero-order valence-corrected chi connectivity index (χ0v) is 14.8. The first-order chi connectivity index (χ1) is 12.7. The highest BCUT2D eigenvalue weighted by atomic mass is 32.1. The molecule has 140 valence electrons. The van der Waals surface area contributed by atoms with Crippen molar-refractivity contribution in [3.8, 4) is 6.07 Å². The largest absolute Gasteiger partial charge is 0.454 e. The number of nitrogens with zero attached hydrogens (tertiary/aromatic N) is 2. The summed E-state index contributed by atoms with van der Waals surface area (Å²) >= 11 is 1.15. The molecule has 1 unspecified atom stereocenters. The van der Waals surface area contributed by atoms with E-state index < -0.39 is 36.0 Å². The van der Waals surface area contributed by atoms with Crippen molar-refractivity contribution in [3.63, 3.8) is 0 Å². The van der Waals surface area contributed by atoms with Gasteiger partial charge in [0.25, 0.3) is 0 Å². The summed E-state index contributed by atoms with van der Waals surface area (Å²) in [5.41, 5.74) is -0.0193. The van der Waals surface area contributed by atoms with Crippen LogP contribution < -0.4 is 0 Å². The summed E-state index contributed by atoms with van der Waals surface area (Å²) in [6.07, 6.45) is -2.43. The maximum absolute atomic E-state index is 12.6. The number of halogens is 3. The van der Waals surface area contributed by atoms with Gasteiger partial charge in [0.1, 0.15) is 5.01 Å². The number of nitriles is 1. The highest BCUT2D eigenvalue weighted by Crippen LogP contribution is 2.29. The third kappa shape index (κ3) is 5.76. The Morgan fingerprint density at radius 1 is 1.41 bits per heavy atom. The summed E-state index contributed by atoms with van der Waals surface area (Å²) < 4.78 is 42.7. The van der Waals surface area contributed by atoms with Crippen LogP contribution in [0.1, 0.15) is 27.7 Å². The van der Waals surface area contributed by atoms with Gasteiger partial charge in [-0.15, -0.1) is 11.3 Å². The minimum Gasteiger partial charge on any atom is -0.454 e. The standard InChI is InChI=1S/C18H13F3N2O3S/c1-11-10-27-17(23-11)14(8-22)15(24)9-26-16(25)6-5-12-3-2-4-13(7-12)18(19,20)21/h2-7,10,14H,9H2,1H3. The fourth-order valence-electron chi connectivity index (χ4n) is 2.03. The molecule has 0 radical (unpaired) electrons. The molecule has 2 aromatic rings. The topological polar surface area (TPSA) is 80.0 Å². The summed E-state index contributed by atoms with van der Waals surface area (Å²) in [6, 6.07) is 6.21. The van der Waals surface area contributed by atoms with E-state index in [1.54, 1.807) is 12.3 Å². The van der Waals surface area contributed by atoms with Gasteiger partial charge < -0.3 is 4.74 Å². The molecule has 1 heterocycles. The van der Waals surface area contributed by atoms with Crippen LogP contribution in [-0.4, -0.2) is 23.3 Å². The molecule has 1 aromatic carbocycles. The first-order valence-electron chi connectivity index (χ1n) is 7.57. The van der Waals surface area contributed by atoms with E-state index in [0.717, 1.165) is 35.6 Å². The number of benzene rings is 1. The third-order valence-electron chi connectivity index (χ3n) is 3.32. The second-order valence-corrected chi connectivity index (χ2v) is 6.31. The highest BCUT2D eigenvalue weighted by molar-refractivity contribution is 7.09. The first-order valence-corrected chi connectivity index (χ1v) is 8.45. The molecule has 0 saturated carbocycles. The zero-order valence-electron chi connectivity index (χ0n) is 14.0. The molecular formula is C18H13F3N2O3S. The average molecular weight is 394 g/mol. The van der Waals surface area contributed by atoms with Gasteiger partial charge in [-0.3, -0.25) is 4.79 Å². The Labute approximate surface area is 156 Å². The smallest absolute Gasteiger partial charge is 0.416 e. The molecule has 0 aliphatic rings. The Bertz CT molecular complexity index is 913. The number of ketones is 1. The molecule has 0 spiro atoms. The van der Waals surface area contributed by atoms with Gasteiger partial charge in [0, 0.05) is 17.2 Å². The van der Waals surface area contributed by atoms with Crippen LogP contribution >= 0.6 is 11.3 Å². The number of ether oxygens (including phenoxy) is 1. The van der Waals surface area contributed by atoms with E-state index in [2.05, 4.69) is 4.98 Å². The Hall–Kier alpha value is -2.99. The molecule has 0 fully saturated rings.